The van der Waals surface area contributed by atoms with Crippen LogP contribution in [0.3, 0.4) is 0 Å². The third-order valence-electron chi connectivity index (χ3n) is 2.16. The SMILES string of the molecule is CN(Cc1ccccc1)[SiH](C)C.Cl. The quantitative estimate of drug-likeness (QED) is 0.701. The van der Waals surface area contributed by atoms with Crippen molar-refractivity contribution in [3.63, 3.8) is 0 Å². The molecule has 0 aromatic heterocycles. The maximum absolute atomic E-state index is 2.47. The number of rotatable bonds is 3. The van der Waals surface area contributed by atoms with Gasteiger partial charge in [0.05, 0.1) is 0 Å². The van der Waals surface area contributed by atoms with Gasteiger partial charge in [0.15, 0.2) is 0 Å². The van der Waals surface area contributed by atoms with Crippen LogP contribution in [-0.2, 0) is 6.54 Å². The summed E-state index contributed by atoms with van der Waals surface area (Å²) in [6, 6.07) is 10.6. The second kappa shape index (κ2) is 6.19. The Bertz CT molecular complexity index is 226. The zero-order valence-corrected chi connectivity index (χ0v) is 10.5. The van der Waals surface area contributed by atoms with Gasteiger partial charge in [-0.05, 0) is 12.6 Å². The molecule has 1 nitrogen and oxygen atoms in total. The lowest BCUT2D eigenvalue weighted by molar-refractivity contribution is 0.520. The Morgan fingerprint density at radius 1 is 1.15 bits per heavy atom. The lowest BCUT2D eigenvalue weighted by Gasteiger charge is -2.19. The molecule has 0 saturated heterocycles. The van der Waals surface area contributed by atoms with Gasteiger partial charge in [-0.1, -0.05) is 43.4 Å². The molecule has 13 heavy (non-hydrogen) atoms. The van der Waals surface area contributed by atoms with Crippen molar-refractivity contribution in [2.45, 2.75) is 19.6 Å². The molecular formula is C10H18ClNSi. The predicted octanol–water partition coefficient (Wildman–Crippen LogP) is 2.52. The summed E-state index contributed by atoms with van der Waals surface area (Å²) < 4.78 is 2.47. The molecule has 0 heterocycles. The second-order valence-electron chi connectivity index (χ2n) is 3.49. The highest BCUT2D eigenvalue weighted by Gasteiger charge is 2.03. The van der Waals surface area contributed by atoms with Crippen LogP contribution in [0.4, 0.5) is 0 Å². The average molecular weight is 216 g/mol. The molecule has 0 atom stereocenters. The normalized spacial score (nSPS) is 10.2. The van der Waals surface area contributed by atoms with Gasteiger partial charge in [0.25, 0.3) is 0 Å². The highest BCUT2D eigenvalue weighted by molar-refractivity contribution is 6.52. The van der Waals surface area contributed by atoms with Crippen molar-refractivity contribution in [2.24, 2.45) is 0 Å². The lowest BCUT2D eigenvalue weighted by Crippen LogP contribution is -2.29. The van der Waals surface area contributed by atoms with Crippen LogP contribution < -0.4 is 0 Å². The summed E-state index contributed by atoms with van der Waals surface area (Å²) in [6.07, 6.45) is 0. The molecule has 1 aromatic rings. The highest BCUT2D eigenvalue weighted by atomic mass is 35.5. The fourth-order valence-corrected chi connectivity index (χ4v) is 1.63. The molecule has 0 aliphatic heterocycles. The van der Waals surface area contributed by atoms with Crippen molar-refractivity contribution >= 4 is 21.4 Å². The first kappa shape index (κ1) is 12.7. The van der Waals surface area contributed by atoms with Gasteiger partial charge in [0, 0.05) is 6.54 Å². The van der Waals surface area contributed by atoms with Gasteiger partial charge in [-0.15, -0.1) is 12.4 Å². The van der Waals surface area contributed by atoms with Gasteiger partial charge in [0.1, 0.15) is 8.96 Å². The molecule has 0 aliphatic rings. The Hall–Kier alpha value is -0.313. The zero-order valence-electron chi connectivity index (χ0n) is 8.53. The predicted molar refractivity (Wildman–Crippen MR) is 64.0 cm³/mol. The van der Waals surface area contributed by atoms with Gasteiger partial charge < -0.3 is 4.57 Å². The van der Waals surface area contributed by atoms with E-state index >= 15 is 0 Å². The van der Waals surface area contributed by atoms with Crippen LogP contribution in [0.15, 0.2) is 30.3 Å². The minimum atomic E-state index is -0.601. The summed E-state index contributed by atoms with van der Waals surface area (Å²) in [5, 5.41) is 0. The minimum Gasteiger partial charge on any atom is -0.325 e. The topological polar surface area (TPSA) is 3.24 Å². The highest BCUT2D eigenvalue weighted by Crippen LogP contribution is 2.03. The van der Waals surface area contributed by atoms with E-state index in [1.165, 1.54) is 5.56 Å². The van der Waals surface area contributed by atoms with E-state index in [4.69, 9.17) is 0 Å². The number of nitrogens with zero attached hydrogens (tertiary/aromatic N) is 1. The van der Waals surface area contributed by atoms with Crippen molar-refractivity contribution < 1.29 is 0 Å². The molecule has 0 bridgehead atoms. The van der Waals surface area contributed by atoms with Crippen LogP contribution in [-0.4, -0.2) is 20.6 Å². The van der Waals surface area contributed by atoms with Crippen molar-refractivity contribution in [3.05, 3.63) is 35.9 Å². The first-order chi connectivity index (χ1) is 5.70. The molecule has 1 rings (SSSR count). The Morgan fingerprint density at radius 2 is 1.69 bits per heavy atom. The zero-order chi connectivity index (χ0) is 8.97. The standard InChI is InChI=1S/C10H17NSi.ClH/c1-11(12(2)3)9-10-7-5-4-6-8-10;/h4-8,12H,9H2,1-3H3;1H. The van der Waals surface area contributed by atoms with E-state index in [9.17, 15) is 0 Å². The van der Waals surface area contributed by atoms with E-state index in [-0.39, 0.29) is 12.4 Å². The van der Waals surface area contributed by atoms with Crippen molar-refractivity contribution in [2.75, 3.05) is 7.05 Å². The number of benzene rings is 1. The smallest absolute Gasteiger partial charge is 0.105 e. The van der Waals surface area contributed by atoms with E-state index in [2.05, 4.69) is 55.0 Å². The molecule has 0 amide bonds. The second-order valence-corrected chi connectivity index (χ2v) is 6.56. The van der Waals surface area contributed by atoms with Crippen molar-refractivity contribution in [3.8, 4) is 0 Å². The summed E-state index contributed by atoms with van der Waals surface area (Å²) in [4.78, 5) is 0. The minimum absolute atomic E-state index is 0. The van der Waals surface area contributed by atoms with Gasteiger partial charge >= 0.3 is 0 Å². The maximum Gasteiger partial charge on any atom is 0.105 e. The molecule has 0 saturated carbocycles. The van der Waals surface area contributed by atoms with Gasteiger partial charge in [-0.3, -0.25) is 0 Å². The first-order valence-corrected chi connectivity index (χ1v) is 7.27. The summed E-state index contributed by atoms with van der Waals surface area (Å²) in [7, 11) is 1.61. The third-order valence-corrected chi connectivity index (χ3v) is 4.10. The van der Waals surface area contributed by atoms with E-state index in [0.29, 0.717) is 0 Å². The summed E-state index contributed by atoms with van der Waals surface area (Å²) >= 11 is 0. The molecule has 0 unspecified atom stereocenters. The number of hydrogen-bond donors (Lipinski definition) is 0. The number of halogens is 1. The molecule has 0 fully saturated rings. The van der Waals surface area contributed by atoms with Crippen LogP contribution in [0.25, 0.3) is 0 Å². The average Bonchev–Trinajstić information content (AvgIpc) is 2.06. The van der Waals surface area contributed by atoms with E-state index in [0.717, 1.165) is 6.54 Å². The fraction of sp³-hybridized carbons (Fsp3) is 0.400. The van der Waals surface area contributed by atoms with E-state index in [1.807, 2.05) is 0 Å². The third kappa shape index (κ3) is 4.46. The van der Waals surface area contributed by atoms with Crippen LogP contribution >= 0.6 is 12.4 Å². The van der Waals surface area contributed by atoms with E-state index in [1.54, 1.807) is 0 Å². The number of hydrogen-bond acceptors (Lipinski definition) is 1. The molecule has 74 valence electrons. The largest absolute Gasteiger partial charge is 0.325 e. The van der Waals surface area contributed by atoms with Gasteiger partial charge in [-0.2, -0.15) is 0 Å². The molecule has 0 radical (unpaired) electrons. The van der Waals surface area contributed by atoms with Crippen LogP contribution in [0, 0.1) is 0 Å². The Balaban J connectivity index is 0.00000144. The Kier molecular flexibility index (Phi) is 6.04. The fourth-order valence-electron chi connectivity index (χ4n) is 1.05. The van der Waals surface area contributed by atoms with Gasteiger partial charge in [-0.25, -0.2) is 0 Å². The van der Waals surface area contributed by atoms with Crippen LogP contribution in [0.5, 0.6) is 0 Å². The van der Waals surface area contributed by atoms with Crippen LogP contribution in [0.1, 0.15) is 5.56 Å². The van der Waals surface area contributed by atoms with Crippen LogP contribution in [0.2, 0.25) is 13.1 Å². The van der Waals surface area contributed by atoms with Crippen molar-refractivity contribution in [1.29, 1.82) is 0 Å². The van der Waals surface area contributed by atoms with Crippen molar-refractivity contribution in [1.82, 2.24) is 4.57 Å². The molecule has 1 aromatic carbocycles. The maximum atomic E-state index is 2.47. The molecular weight excluding hydrogens is 198 g/mol. The Morgan fingerprint density at radius 3 is 2.15 bits per heavy atom. The molecule has 3 heteroatoms. The molecule has 0 N–H and O–H groups in total. The van der Waals surface area contributed by atoms with E-state index < -0.39 is 8.96 Å². The molecule has 0 aliphatic carbocycles. The summed E-state index contributed by atoms with van der Waals surface area (Å²) in [6.45, 7) is 5.80. The summed E-state index contributed by atoms with van der Waals surface area (Å²) in [5.74, 6) is 0. The monoisotopic (exact) mass is 215 g/mol. The molecule has 0 spiro atoms. The first-order valence-electron chi connectivity index (χ1n) is 4.44. The summed E-state index contributed by atoms with van der Waals surface area (Å²) in [5.41, 5.74) is 1.42. The lowest BCUT2D eigenvalue weighted by atomic mass is 10.2. The Labute approximate surface area is 88.9 Å². The van der Waals surface area contributed by atoms with Gasteiger partial charge in [0.2, 0.25) is 0 Å².